The fourth-order valence-corrected chi connectivity index (χ4v) is 4.06. The fourth-order valence-electron chi connectivity index (χ4n) is 2.37. The van der Waals surface area contributed by atoms with Crippen LogP contribution in [0.15, 0.2) is 0 Å². The van der Waals surface area contributed by atoms with Crippen LogP contribution in [0.5, 0.6) is 0 Å². The number of thioether (sulfide) groups is 1. The highest BCUT2D eigenvalue weighted by Crippen LogP contribution is 2.22. The first-order valence-corrected chi connectivity index (χ1v) is 10.2. The van der Waals surface area contributed by atoms with Crippen LogP contribution >= 0.6 is 11.8 Å². The maximum Gasteiger partial charge on any atom is 0.279 e. The van der Waals surface area contributed by atoms with Gasteiger partial charge in [0, 0.05) is 30.9 Å². The Bertz CT molecular complexity index is 390. The molecule has 1 saturated carbocycles. The Kier molecular flexibility index (Phi) is 6.16. The molecule has 0 amide bonds. The van der Waals surface area contributed by atoms with E-state index in [2.05, 4.69) is 10.0 Å². The van der Waals surface area contributed by atoms with Gasteiger partial charge in [0.25, 0.3) is 10.2 Å². The lowest BCUT2D eigenvalue weighted by molar-refractivity contribution is 0.264. The molecule has 20 heavy (non-hydrogen) atoms. The number of nitrogens with one attached hydrogen (secondary N) is 2. The van der Waals surface area contributed by atoms with E-state index in [1.54, 1.807) is 16.1 Å². The Morgan fingerprint density at radius 1 is 1.25 bits per heavy atom. The molecule has 1 saturated heterocycles. The smallest absolute Gasteiger partial charge is 0.279 e. The van der Waals surface area contributed by atoms with E-state index in [0.29, 0.717) is 30.8 Å². The second-order valence-electron chi connectivity index (χ2n) is 5.92. The van der Waals surface area contributed by atoms with Crippen LogP contribution in [0, 0.1) is 5.92 Å². The van der Waals surface area contributed by atoms with Crippen molar-refractivity contribution < 1.29 is 8.42 Å². The van der Waals surface area contributed by atoms with E-state index in [0.717, 1.165) is 25.4 Å². The highest BCUT2D eigenvalue weighted by Gasteiger charge is 2.29. The van der Waals surface area contributed by atoms with E-state index >= 15 is 0 Å². The second kappa shape index (κ2) is 7.45. The third-order valence-electron chi connectivity index (χ3n) is 4.14. The van der Waals surface area contributed by atoms with Crippen LogP contribution in [-0.4, -0.2) is 56.4 Å². The third-order valence-corrected chi connectivity index (χ3v) is 6.69. The van der Waals surface area contributed by atoms with Crippen LogP contribution in [0.1, 0.15) is 32.6 Å². The monoisotopic (exact) mass is 321 g/mol. The summed E-state index contributed by atoms with van der Waals surface area (Å²) in [4.78, 5) is 0. The van der Waals surface area contributed by atoms with E-state index in [4.69, 9.17) is 0 Å². The third kappa shape index (κ3) is 5.18. The summed E-state index contributed by atoms with van der Waals surface area (Å²) in [5.41, 5.74) is 0. The lowest BCUT2D eigenvalue weighted by Crippen LogP contribution is -2.47. The highest BCUT2D eigenvalue weighted by molar-refractivity contribution is 7.99. The highest BCUT2D eigenvalue weighted by atomic mass is 32.2. The zero-order valence-electron chi connectivity index (χ0n) is 12.5. The number of hydrogen-bond donors (Lipinski definition) is 2. The first-order valence-electron chi connectivity index (χ1n) is 7.52. The molecule has 2 rings (SSSR count). The summed E-state index contributed by atoms with van der Waals surface area (Å²) >= 11 is 1.67. The summed E-state index contributed by atoms with van der Waals surface area (Å²) in [6.07, 6.45) is 6.56. The summed E-state index contributed by atoms with van der Waals surface area (Å²) in [5.74, 6) is 0.632. The molecule has 2 aliphatic rings. The standard InChI is InChI=1S/C13H27N3O2S2/c1-11(19-2)9-15-20(17,18)16-7-5-12(6-8-16)10-14-13-3-4-13/h11-15H,3-10H2,1-2H3. The van der Waals surface area contributed by atoms with Gasteiger partial charge in [-0.3, -0.25) is 0 Å². The molecule has 1 atom stereocenters. The Morgan fingerprint density at radius 2 is 1.90 bits per heavy atom. The molecule has 0 spiro atoms. The topological polar surface area (TPSA) is 61.4 Å². The van der Waals surface area contributed by atoms with Gasteiger partial charge in [-0.15, -0.1) is 0 Å². The fraction of sp³-hybridized carbons (Fsp3) is 1.00. The van der Waals surface area contributed by atoms with Gasteiger partial charge >= 0.3 is 0 Å². The molecule has 0 aromatic carbocycles. The van der Waals surface area contributed by atoms with E-state index in [-0.39, 0.29) is 0 Å². The van der Waals surface area contributed by atoms with Gasteiger partial charge in [-0.2, -0.15) is 24.5 Å². The molecule has 1 aliphatic heterocycles. The molecule has 1 unspecified atom stereocenters. The summed E-state index contributed by atoms with van der Waals surface area (Å²) in [7, 11) is -3.28. The van der Waals surface area contributed by atoms with Crippen LogP contribution in [-0.2, 0) is 10.2 Å². The van der Waals surface area contributed by atoms with Gasteiger partial charge in [0.15, 0.2) is 0 Å². The van der Waals surface area contributed by atoms with E-state index in [9.17, 15) is 8.42 Å². The van der Waals surface area contributed by atoms with Crippen LogP contribution in [0.3, 0.4) is 0 Å². The van der Waals surface area contributed by atoms with Crippen LogP contribution in [0.4, 0.5) is 0 Å². The number of rotatable bonds is 8. The van der Waals surface area contributed by atoms with Crippen molar-refractivity contribution in [3.05, 3.63) is 0 Å². The van der Waals surface area contributed by atoms with Gasteiger partial charge in [0.05, 0.1) is 0 Å². The molecule has 118 valence electrons. The largest absolute Gasteiger partial charge is 0.314 e. The van der Waals surface area contributed by atoms with Gasteiger partial charge in [0.1, 0.15) is 0 Å². The van der Waals surface area contributed by atoms with Crippen LogP contribution in [0.25, 0.3) is 0 Å². The zero-order valence-corrected chi connectivity index (χ0v) is 14.1. The number of hydrogen-bond acceptors (Lipinski definition) is 4. The predicted molar refractivity (Wildman–Crippen MR) is 85.2 cm³/mol. The second-order valence-corrected chi connectivity index (χ2v) is 8.96. The zero-order chi connectivity index (χ0) is 14.6. The van der Waals surface area contributed by atoms with Crippen molar-refractivity contribution in [2.24, 2.45) is 5.92 Å². The number of piperidine rings is 1. The van der Waals surface area contributed by atoms with Crippen molar-refractivity contribution in [2.75, 3.05) is 32.4 Å². The predicted octanol–water partition coefficient (Wildman–Crippen LogP) is 1.04. The number of nitrogens with zero attached hydrogens (tertiary/aromatic N) is 1. The lowest BCUT2D eigenvalue weighted by Gasteiger charge is -2.31. The minimum atomic E-state index is -3.28. The SMILES string of the molecule is CSC(C)CNS(=O)(=O)N1CCC(CNC2CC2)CC1. The molecule has 2 N–H and O–H groups in total. The lowest BCUT2D eigenvalue weighted by atomic mass is 9.98. The molecule has 2 fully saturated rings. The average Bonchev–Trinajstić information content (AvgIpc) is 3.27. The molecule has 0 radical (unpaired) electrons. The van der Waals surface area contributed by atoms with Crippen molar-refractivity contribution in [1.82, 2.24) is 14.3 Å². The van der Waals surface area contributed by atoms with Crippen molar-refractivity contribution in [2.45, 2.75) is 43.9 Å². The van der Waals surface area contributed by atoms with Crippen molar-refractivity contribution in [1.29, 1.82) is 0 Å². The normalized spacial score (nSPS) is 23.9. The van der Waals surface area contributed by atoms with Crippen LogP contribution in [0.2, 0.25) is 0 Å². The summed E-state index contributed by atoms with van der Waals surface area (Å²) < 4.78 is 28.7. The van der Waals surface area contributed by atoms with Gasteiger partial charge in [-0.1, -0.05) is 6.92 Å². The summed E-state index contributed by atoms with van der Waals surface area (Å²) in [5, 5.41) is 3.85. The van der Waals surface area contributed by atoms with E-state index < -0.39 is 10.2 Å². The first kappa shape index (κ1) is 16.5. The molecule has 0 bridgehead atoms. The van der Waals surface area contributed by atoms with E-state index in [1.165, 1.54) is 12.8 Å². The molecule has 7 heteroatoms. The summed E-state index contributed by atoms with van der Waals surface area (Å²) in [6, 6.07) is 0.742. The molecular formula is C13H27N3O2S2. The molecule has 1 heterocycles. The Morgan fingerprint density at radius 3 is 2.45 bits per heavy atom. The maximum atomic E-state index is 12.2. The molecule has 5 nitrogen and oxygen atoms in total. The van der Waals surface area contributed by atoms with Gasteiger partial charge in [0.2, 0.25) is 0 Å². The minimum absolute atomic E-state index is 0.310. The molecule has 0 aromatic rings. The van der Waals surface area contributed by atoms with E-state index in [1.807, 2.05) is 13.2 Å². The summed E-state index contributed by atoms with van der Waals surface area (Å²) in [6.45, 7) is 4.89. The maximum absolute atomic E-state index is 12.2. The van der Waals surface area contributed by atoms with Gasteiger partial charge in [-0.05, 0) is 44.4 Å². The average molecular weight is 322 g/mol. The molecule has 1 aliphatic carbocycles. The Hall–Kier alpha value is 0.180. The Labute approximate surface area is 127 Å². The van der Waals surface area contributed by atoms with Crippen molar-refractivity contribution in [3.63, 3.8) is 0 Å². The van der Waals surface area contributed by atoms with Crippen LogP contribution < -0.4 is 10.0 Å². The quantitative estimate of drug-likeness (QED) is 0.701. The Balaban J connectivity index is 1.70. The molecular weight excluding hydrogens is 294 g/mol. The molecule has 0 aromatic heterocycles. The van der Waals surface area contributed by atoms with Crippen molar-refractivity contribution in [3.8, 4) is 0 Å². The minimum Gasteiger partial charge on any atom is -0.314 e. The van der Waals surface area contributed by atoms with Gasteiger partial charge in [-0.25, -0.2) is 4.72 Å². The first-order chi connectivity index (χ1) is 9.51. The van der Waals surface area contributed by atoms with Gasteiger partial charge < -0.3 is 5.32 Å². The van der Waals surface area contributed by atoms with Crippen molar-refractivity contribution >= 4 is 22.0 Å².